The zero-order valence-corrected chi connectivity index (χ0v) is 10.2. The highest BCUT2D eigenvalue weighted by molar-refractivity contribution is 5.66. The monoisotopic (exact) mass is 231 g/mol. The molecule has 1 heterocycles. The maximum absolute atomic E-state index is 5.56. The second-order valence-corrected chi connectivity index (χ2v) is 3.89. The van der Waals surface area contributed by atoms with Gasteiger partial charge in [-0.1, -0.05) is 12.1 Å². The van der Waals surface area contributed by atoms with Gasteiger partial charge < -0.3 is 15.0 Å². The van der Waals surface area contributed by atoms with Gasteiger partial charge in [0.15, 0.2) is 0 Å². The number of nitrogens with two attached hydrogens (primary N) is 1. The van der Waals surface area contributed by atoms with E-state index in [9.17, 15) is 0 Å². The van der Waals surface area contributed by atoms with E-state index in [1.165, 1.54) is 0 Å². The zero-order chi connectivity index (χ0) is 12.3. The maximum atomic E-state index is 5.56. The van der Waals surface area contributed by atoms with E-state index in [4.69, 9.17) is 10.5 Å². The number of hydrogen-bond acceptors (Lipinski definition) is 3. The molecule has 4 heteroatoms. The molecule has 0 radical (unpaired) electrons. The third-order valence-electron chi connectivity index (χ3n) is 2.72. The Bertz CT molecular complexity index is 505. The van der Waals surface area contributed by atoms with E-state index >= 15 is 0 Å². The minimum atomic E-state index is 0.607. The molecule has 0 fully saturated rings. The quantitative estimate of drug-likeness (QED) is 0.869. The number of aryl methyl sites for hydroxylation is 1. The van der Waals surface area contributed by atoms with Crippen LogP contribution >= 0.6 is 0 Å². The minimum Gasteiger partial charge on any atom is -0.496 e. The molecule has 0 unspecified atom stereocenters. The third-order valence-corrected chi connectivity index (χ3v) is 2.72. The van der Waals surface area contributed by atoms with Crippen LogP contribution in [0.15, 0.2) is 30.5 Å². The highest BCUT2D eigenvalue weighted by Gasteiger charge is 2.10. The Kier molecular flexibility index (Phi) is 3.44. The van der Waals surface area contributed by atoms with Crippen molar-refractivity contribution in [1.29, 1.82) is 0 Å². The Morgan fingerprint density at radius 2 is 2.12 bits per heavy atom. The van der Waals surface area contributed by atoms with Crippen LogP contribution in [-0.4, -0.2) is 23.2 Å². The van der Waals surface area contributed by atoms with Crippen molar-refractivity contribution in [3.8, 4) is 17.0 Å². The lowest BCUT2D eigenvalue weighted by Gasteiger charge is -2.04. The molecule has 1 aromatic carbocycles. The molecule has 0 saturated carbocycles. The molecule has 2 aromatic rings. The molecule has 0 amide bonds. The van der Waals surface area contributed by atoms with E-state index in [1.807, 2.05) is 42.1 Å². The van der Waals surface area contributed by atoms with E-state index in [2.05, 4.69) is 4.98 Å². The average Bonchev–Trinajstić information content (AvgIpc) is 2.71. The van der Waals surface area contributed by atoms with Crippen LogP contribution in [0.2, 0.25) is 0 Å². The Balaban J connectivity index is 2.42. The molecule has 0 aliphatic heterocycles. The SMILES string of the molecule is COc1ccccc1-c1cn(C)c(CCN)n1. The zero-order valence-electron chi connectivity index (χ0n) is 10.2. The Morgan fingerprint density at radius 3 is 2.82 bits per heavy atom. The molecule has 0 aliphatic rings. The molecule has 0 aliphatic carbocycles. The molecule has 0 saturated heterocycles. The molecule has 2 N–H and O–H groups in total. The van der Waals surface area contributed by atoms with Crippen molar-refractivity contribution in [3.63, 3.8) is 0 Å². The van der Waals surface area contributed by atoms with Crippen LogP contribution in [-0.2, 0) is 13.5 Å². The number of imidazole rings is 1. The highest BCUT2D eigenvalue weighted by atomic mass is 16.5. The third kappa shape index (κ3) is 2.31. The summed E-state index contributed by atoms with van der Waals surface area (Å²) in [5.41, 5.74) is 7.49. The first-order valence-corrected chi connectivity index (χ1v) is 5.62. The fourth-order valence-electron chi connectivity index (χ4n) is 1.85. The normalized spacial score (nSPS) is 10.5. The van der Waals surface area contributed by atoms with Gasteiger partial charge in [0.1, 0.15) is 11.6 Å². The van der Waals surface area contributed by atoms with Crippen LogP contribution in [0.1, 0.15) is 5.82 Å². The number of methoxy groups -OCH3 is 1. The lowest BCUT2D eigenvalue weighted by Crippen LogP contribution is -2.07. The average molecular weight is 231 g/mol. The summed E-state index contributed by atoms with van der Waals surface area (Å²) >= 11 is 0. The lowest BCUT2D eigenvalue weighted by atomic mass is 10.1. The smallest absolute Gasteiger partial charge is 0.128 e. The first-order chi connectivity index (χ1) is 8.26. The summed E-state index contributed by atoms with van der Waals surface area (Å²) in [7, 11) is 3.65. The van der Waals surface area contributed by atoms with Gasteiger partial charge in [-0.3, -0.25) is 0 Å². The van der Waals surface area contributed by atoms with Gasteiger partial charge in [0.25, 0.3) is 0 Å². The van der Waals surface area contributed by atoms with Gasteiger partial charge in [-0.05, 0) is 18.7 Å². The molecule has 0 spiro atoms. The Morgan fingerprint density at radius 1 is 1.35 bits per heavy atom. The summed E-state index contributed by atoms with van der Waals surface area (Å²) in [6.07, 6.45) is 2.79. The van der Waals surface area contributed by atoms with E-state index in [1.54, 1.807) is 7.11 Å². The Hall–Kier alpha value is -1.81. The maximum Gasteiger partial charge on any atom is 0.128 e. The van der Waals surface area contributed by atoms with Gasteiger partial charge in [-0.25, -0.2) is 4.98 Å². The van der Waals surface area contributed by atoms with E-state index in [0.717, 1.165) is 29.3 Å². The summed E-state index contributed by atoms with van der Waals surface area (Å²) in [6.45, 7) is 0.607. The summed E-state index contributed by atoms with van der Waals surface area (Å²) in [5.74, 6) is 1.83. The lowest BCUT2D eigenvalue weighted by molar-refractivity contribution is 0.416. The minimum absolute atomic E-state index is 0.607. The summed E-state index contributed by atoms with van der Waals surface area (Å²) in [6, 6.07) is 7.88. The number of rotatable bonds is 4. The summed E-state index contributed by atoms with van der Waals surface area (Å²) in [5, 5.41) is 0. The molecule has 1 aromatic heterocycles. The second-order valence-electron chi connectivity index (χ2n) is 3.89. The molecular formula is C13H17N3O. The molecule has 17 heavy (non-hydrogen) atoms. The van der Waals surface area contributed by atoms with Crippen LogP contribution in [0.25, 0.3) is 11.3 Å². The predicted molar refractivity (Wildman–Crippen MR) is 68.0 cm³/mol. The number of ether oxygens (including phenoxy) is 1. The van der Waals surface area contributed by atoms with Crippen molar-refractivity contribution >= 4 is 0 Å². The largest absolute Gasteiger partial charge is 0.496 e. The first kappa shape index (κ1) is 11.7. The van der Waals surface area contributed by atoms with E-state index < -0.39 is 0 Å². The standard InChI is InChI=1S/C13H17N3O/c1-16-9-11(15-13(16)7-8-14)10-5-3-4-6-12(10)17-2/h3-6,9H,7-8,14H2,1-2H3. The van der Waals surface area contributed by atoms with Crippen LogP contribution < -0.4 is 10.5 Å². The number of aromatic nitrogens is 2. The molecule has 2 rings (SSSR count). The van der Waals surface area contributed by atoms with Crippen molar-refractivity contribution in [2.45, 2.75) is 6.42 Å². The van der Waals surface area contributed by atoms with Gasteiger partial charge in [0.05, 0.1) is 12.8 Å². The molecule has 0 atom stereocenters. The van der Waals surface area contributed by atoms with Crippen molar-refractivity contribution < 1.29 is 4.74 Å². The molecule has 4 nitrogen and oxygen atoms in total. The summed E-state index contributed by atoms with van der Waals surface area (Å²) in [4.78, 5) is 4.58. The fraction of sp³-hybridized carbons (Fsp3) is 0.308. The fourth-order valence-corrected chi connectivity index (χ4v) is 1.85. The van der Waals surface area contributed by atoms with Crippen LogP contribution in [0.5, 0.6) is 5.75 Å². The van der Waals surface area contributed by atoms with Crippen molar-refractivity contribution in [1.82, 2.24) is 9.55 Å². The number of hydrogen-bond donors (Lipinski definition) is 1. The van der Waals surface area contributed by atoms with Gasteiger partial charge in [0, 0.05) is 25.2 Å². The second kappa shape index (κ2) is 5.01. The molecular weight excluding hydrogens is 214 g/mol. The number of para-hydroxylation sites is 1. The van der Waals surface area contributed by atoms with Crippen LogP contribution in [0.3, 0.4) is 0 Å². The van der Waals surface area contributed by atoms with E-state index in [-0.39, 0.29) is 0 Å². The summed E-state index contributed by atoms with van der Waals surface area (Å²) < 4.78 is 7.34. The van der Waals surface area contributed by atoms with Crippen molar-refractivity contribution in [3.05, 3.63) is 36.3 Å². The molecule has 0 bridgehead atoms. The van der Waals surface area contributed by atoms with Gasteiger partial charge in [-0.2, -0.15) is 0 Å². The number of nitrogens with zero attached hydrogens (tertiary/aromatic N) is 2. The van der Waals surface area contributed by atoms with Crippen molar-refractivity contribution in [2.75, 3.05) is 13.7 Å². The van der Waals surface area contributed by atoms with Gasteiger partial charge in [0.2, 0.25) is 0 Å². The number of benzene rings is 1. The Labute approximate surface area is 101 Å². The van der Waals surface area contributed by atoms with Crippen molar-refractivity contribution in [2.24, 2.45) is 12.8 Å². The topological polar surface area (TPSA) is 53.1 Å². The van der Waals surface area contributed by atoms with Crippen LogP contribution in [0, 0.1) is 0 Å². The van der Waals surface area contributed by atoms with Crippen LogP contribution in [0.4, 0.5) is 0 Å². The highest BCUT2D eigenvalue weighted by Crippen LogP contribution is 2.28. The van der Waals surface area contributed by atoms with E-state index in [0.29, 0.717) is 6.54 Å². The first-order valence-electron chi connectivity index (χ1n) is 5.62. The molecule has 90 valence electrons. The predicted octanol–water partition coefficient (Wildman–Crippen LogP) is 1.60. The van der Waals surface area contributed by atoms with Gasteiger partial charge in [-0.15, -0.1) is 0 Å². The van der Waals surface area contributed by atoms with Gasteiger partial charge >= 0.3 is 0 Å².